The van der Waals surface area contributed by atoms with Crippen molar-refractivity contribution in [2.45, 2.75) is 13.0 Å². The van der Waals surface area contributed by atoms with Gasteiger partial charge in [0, 0.05) is 20.1 Å². The Morgan fingerprint density at radius 3 is 3.00 bits per heavy atom. The Hall–Kier alpha value is -1.56. The minimum Gasteiger partial charge on any atom is -0.383 e. The van der Waals surface area contributed by atoms with Crippen LogP contribution in [-0.4, -0.2) is 46.4 Å². The molecule has 2 heterocycles. The number of hydrogen-bond donors (Lipinski definition) is 1. The standard InChI is InChI=1S/C10H16N4O2/c1-7-6-14(3-4-16-7)10(15)8-5-12-13(2)9(8)11/h5,7H,3-4,6,11H2,1-2H3. The maximum absolute atomic E-state index is 12.1. The van der Waals surface area contributed by atoms with E-state index in [1.807, 2.05) is 6.92 Å². The average Bonchev–Trinajstić information content (AvgIpc) is 2.59. The van der Waals surface area contributed by atoms with Gasteiger partial charge >= 0.3 is 0 Å². The molecule has 1 amide bonds. The lowest BCUT2D eigenvalue weighted by atomic mass is 10.2. The van der Waals surface area contributed by atoms with Gasteiger partial charge < -0.3 is 15.4 Å². The third-order valence-corrected chi connectivity index (χ3v) is 2.74. The number of amides is 1. The quantitative estimate of drug-likeness (QED) is 0.720. The summed E-state index contributed by atoms with van der Waals surface area (Å²) < 4.78 is 6.88. The van der Waals surface area contributed by atoms with Gasteiger partial charge in [-0.3, -0.25) is 9.48 Å². The van der Waals surface area contributed by atoms with Gasteiger partial charge in [0.15, 0.2) is 0 Å². The Balaban J connectivity index is 2.15. The molecule has 0 spiro atoms. The number of aryl methyl sites for hydroxylation is 1. The number of nitrogens with two attached hydrogens (primary N) is 1. The van der Waals surface area contributed by atoms with Gasteiger partial charge in [0.05, 0.1) is 18.9 Å². The molecule has 1 fully saturated rings. The largest absolute Gasteiger partial charge is 0.383 e. The van der Waals surface area contributed by atoms with E-state index >= 15 is 0 Å². The molecular formula is C10H16N4O2. The van der Waals surface area contributed by atoms with Crippen molar-refractivity contribution in [1.29, 1.82) is 0 Å². The lowest BCUT2D eigenvalue weighted by molar-refractivity contribution is -0.0123. The summed E-state index contributed by atoms with van der Waals surface area (Å²) in [5, 5.41) is 3.96. The van der Waals surface area contributed by atoms with Gasteiger partial charge in [0.2, 0.25) is 0 Å². The van der Waals surface area contributed by atoms with Crippen LogP contribution >= 0.6 is 0 Å². The lowest BCUT2D eigenvalue weighted by Crippen LogP contribution is -2.44. The molecule has 0 aromatic carbocycles. The molecule has 0 bridgehead atoms. The Morgan fingerprint density at radius 2 is 2.44 bits per heavy atom. The zero-order chi connectivity index (χ0) is 11.7. The van der Waals surface area contributed by atoms with E-state index in [9.17, 15) is 4.79 Å². The van der Waals surface area contributed by atoms with E-state index in [0.717, 1.165) is 0 Å². The molecule has 1 aliphatic rings. The van der Waals surface area contributed by atoms with Crippen molar-refractivity contribution < 1.29 is 9.53 Å². The van der Waals surface area contributed by atoms with Crippen LogP contribution in [0.1, 0.15) is 17.3 Å². The molecule has 1 aromatic heterocycles. The van der Waals surface area contributed by atoms with Gasteiger partial charge in [-0.15, -0.1) is 0 Å². The molecule has 1 aromatic rings. The van der Waals surface area contributed by atoms with Crippen molar-refractivity contribution in [2.75, 3.05) is 25.4 Å². The molecule has 0 saturated carbocycles. The average molecular weight is 224 g/mol. The molecule has 16 heavy (non-hydrogen) atoms. The molecule has 2 N–H and O–H groups in total. The van der Waals surface area contributed by atoms with Crippen LogP contribution in [0.2, 0.25) is 0 Å². The van der Waals surface area contributed by atoms with Crippen LogP contribution in [0, 0.1) is 0 Å². The monoisotopic (exact) mass is 224 g/mol. The predicted molar refractivity (Wildman–Crippen MR) is 58.9 cm³/mol. The Morgan fingerprint density at radius 1 is 1.69 bits per heavy atom. The molecule has 6 heteroatoms. The van der Waals surface area contributed by atoms with E-state index < -0.39 is 0 Å². The summed E-state index contributed by atoms with van der Waals surface area (Å²) in [6.07, 6.45) is 1.59. The van der Waals surface area contributed by atoms with Crippen molar-refractivity contribution >= 4 is 11.7 Å². The highest BCUT2D eigenvalue weighted by Crippen LogP contribution is 2.15. The van der Waals surface area contributed by atoms with Crippen molar-refractivity contribution in [3.63, 3.8) is 0 Å². The second-order valence-electron chi connectivity index (χ2n) is 4.00. The molecular weight excluding hydrogens is 208 g/mol. The van der Waals surface area contributed by atoms with Crippen LogP contribution < -0.4 is 5.73 Å². The molecule has 0 aliphatic carbocycles. The van der Waals surface area contributed by atoms with Crippen LogP contribution in [0.4, 0.5) is 5.82 Å². The number of aromatic nitrogens is 2. The first-order valence-corrected chi connectivity index (χ1v) is 5.28. The second kappa shape index (κ2) is 4.13. The molecule has 1 saturated heterocycles. The van der Waals surface area contributed by atoms with Gasteiger partial charge in [0.25, 0.3) is 5.91 Å². The van der Waals surface area contributed by atoms with E-state index in [-0.39, 0.29) is 12.0 Å². The smallest absolute Gasteiger partial charge is 0.259 e. The molecule has 1 aliphatic heterocycles. The highest BCUT2D eigenvalue weighted by molar-refractivity contribution is 5.98. The van der Waals surface area contributed by atoms with Crippen molar-refractivity contribution in [2.24, 2.45) is 7.05 Å². The summed E-state index contributed by atoms with van der Waals surface area (Å²) in [6.45, 7) is 3.74. The highest BCUT2D eigenvalue weighted by atomic mass is 16.5. The number of rotatable bonds is 1. The first kappa shape index (κ1) is 10.9. The molecule has 88 valence electrons. The summed E-state index contributed by atoms with van der Waals surface area (Å²) in [7, 11) is 1.72. The third-order valence-electron chi connectivity index (χ3n) is 2.74. The van der Waals surface area contributed by atoms with E-state index in [4.69, 9.17) is 10.5 Å². The van der Waals surface area contributed by atoms with Crippen LogP contribution in [0.5, 0.6) is 0 Å². The molecule has 0 radical (unpaired) electrons. The Kier molecular flexibility index (Phi) is 2.82. The van der Waals surface area contributed by atoms with Crippen molar-refractivity contribution in [3.8, 4) is 0 Å². The fraction of sp³-hybridized carbons (Fsp3) is 0.600. The van der Waals surface area contributed by atoms with Crippen molar-refractivity contribution in [3.05, 3.63) is 11.8 Å². The maximum atomic E-state index is 12.1. The Bertz CT molecular complexity index is 402. The number of hydrogen-bond acceptors (Lipinski definition) is 4. The number of nitrogens with zero attached hydrogens (tertiary/aromatic N) is 3. The van der Waals surface area contributed by atoms with Crippen LogP contribution in [0.25, 0.3) is 0 Å². The van der Waals surface area contributed by atoms with Crippen LogP contribution in [0.3, 0.4) is 0 Å². The fourth-order valence-electron chi connectivity index (χ4n) is 1.79. The van der Waals surface area contributed by atoms with Gasteiger partial charge in [0.1, 0.15) is 11.4 Å². The number of ether oxygens (including phenoxy) is 1. The first-order valence-electron chi connectivity index (χ1n) is 5.28. The fourth-order valence-corrected chi connectivity index (χ4v) is 1.79. The summed E-state index contributed by atoms with van der Waals surface area (Å²) in [5.41, 5.74) is 6.24. The molecule has 2 rings (SSSR count). The number of carbonyl (C=O) groups excluding carboxylic acids is 1. The summed E-state index contributed by atoms with van der Waals surface area (Å²) in [5.74, 6) is 0.338. The van der Waals surface area contributed by atoms with Crippen LogP contribution in [0.15, 0.2) is 6.20 Å². The van der Waals surface area contributed by atoms with Crippen molar-refractivity contribution in [1.82, 2.24) is 14.7 Å². The van der Waals surface area contributed by atoms with E-state index in [1.165, 1.54) is 10.9 Å². The summed E-state index contributed by atoms with van der Waals surface area (Å²) in [4.78, 5) is 13.9. The third kappa shape index (κ3) is 1.88. The highest BCUT2D eigenvalue weighted by Gasteiger charge is 2.25. The van der Waals surface area contributed by atoms with Gasteiger partial charge in [-0.2, -0.15) is 5.10 Å². The molecule has 6 nitrogen and oxygen atoms in total. The predicted octanol–water partition coefficient (Wildman–Crippen LogP) is -0.137. The minimum atomic E-state index is -0.0687. The molecule has 1 atom stereocenters. The number of morpholine rings is 1. The number of carbonyl (C=O) groups is 1. The molecule has 1 unspecified atom stereocenters. The zero-order valence-corrected chi connectivity index (χ0v) is 9.51. The summed E-state index contributed by atoms with van der Waals surface area (Å²) >= 11 is 0. The lowest BCUT2D eigenvalue weighted by Gasteiger charge is -2.30. The van der Waals surface area contributed by atoms with E-state index in [1.54, 1.807) is 11.9 Å². The van der Waals surface area contributed by atoms with Crippen LogP contribution in [-0.2, 0) is 11.8 Å². The first-order chi connectivity index (χ1) is 7.59. The normalized spacial score (nSPS) is 21.1. The number of nitrogen functional groups attached to an aromatic ring is 1. The van der Waals surface area contributed by atoms with E-state index in [0.29, 0.717) is 31.1 Å². The minimum absolute atomic E-state index is 0.0687. The number of anilines is 1. The zero-order valence-electron chi connectivity index (χ0n) is 9.51. The maximum Gasteiger partial charge on any atom is 0.259 e. The summed E-state index contributed by atoms with van der Waals surface area (Å²) in [6, 6.07) is 0. The van der Waals surface area contributed by atoms with E-state index in [2.05, 4.69) is 5.10 Å². The van der Waals surface area contributed by atoms with Gasteiger partial charge in [-0.25, -0.2) is 0 Å². The van der Waals surface area contributed by atoms with Gasteiger partial charge in [-0.05, 0) is 6.92 Å². The van der Waals surface area contributed by atoms with Gasteiger partial charge in [-0.1, -0.05) is 0 Å². The Labute approximate surface area is 94.0 Å². The second-order valence-corrected chi connectivity index (χ2v) is 4.00. The SMILES string of the molecule is CC1CN(C(=O)c2cnn(C)c2N)CCO1. The topological polar surface area (TPSA) is 73.4 Å².